The third-order valence-electron chi connectivity index (χ3n) is 4.16. The van der Waals surface area contributed by atoms with Crippen LogP contribution in [-0.4, -0.2) is 70.6 Å². The number of hydrogen-bond acceptors (Lipinski definition) is 4. The highest BCUT2D eigenvalue weighted by Crippen LogP contribution is 2.21. The van der Waals surface area contributed by atoms with E-state index in [1.165, 1.54) is 0 Å². The van der Waals surface area contributed by atoms with Crippen molar-refractivity contribution in [1.29, 1.82) is 0 Å². The lowest BCUT2D eigenvalue weighted by Crippen LogP contribution is -2.42. The van der Waals surface area contributed by atoms with Crippen LogP contribution in [0.4, 0.5) is 10.6 Å². The molecule has 0 radical (unpaired) electrons. The van der Waals surface area contributed by atoms with Crippen molar-refractivity contribution in [2.45, 2.75) is 32.4 Å². The second-order valence-corrected chi connectivity index (χ2v) is 6.26. The van der Waals surface area contributed by atoms with Gasteiger partial charge in [0.1, 0.15) is 0 Å². The van der Waals surface area contributed by atoms with Gasteiger partial charge in [0.15, 0.2) is 5.82 Å². The molecule has 0 aromatic carbocycles. The van der Waals surface area contributed by atoms with E-state index in [0.717, 1.165) is 25.9 Å². The fourth-order valence-corrected chi connectivity index (χ4v) is 2.63. The van der Waals surface area contributed by atoms with Crippen LogP contribution in [0.15, 0.2) is 12.3 Å². The number of piperidine rings is 1. The number of carbonyl (C=O) groups is 1. The van der Waals surface area contributed by atoms with Crippen LogP contribution < -0.4 is 5.32 Å². The number of likely N-dealkylation sites (tertiary alicyclic amines) is 1. The first kappa shape index (κ1) is 16.8. The number of aliphatic hydroxyl groups is 1. The van der Waals surface area contributed by atoms with E-state index in [4.69, 9.17) is 0 Å². The first-order valence-corrected chi connectivity index (χ1v) is 7.88. The monoisotopic (exact) mass is 309 g/mol. The minimum absolute atomic E-state index is 0.109. The van der Waals surface area contributed by atoms with Crippen molar-refractivity contribution in [1.82, 2.24) is 19.6 Å². The smallest absolute Gasteiger partial charge is 0.323 e. The van der Waals surface area contributed by atoms with Crippen molar-refractivity contribution in [2.24, 2.45) is 5.92 Å². The van der Waals surface area contributed by atoms with E-state index in [1.807, 2.05) is 38.0 Å². The Bertz CT molecular complexity index is 478. The van der Waals surface area contributed by atoms with Crippen molar-refractivity contribution in [3.63, 3.8) is 0 Å². The van der Waals surface area contributed by atoms with Crippen LogP contribution in [0.2, 0.25) is 0 Å². The fourth-order valence-electron chi connectivity index (χ4n) is 2.63. The molecule has 2 N–H and O–H groups in total. The van der Waals surface area contributed by atoms with Crippen LogP contribution in [0.1, 0.15) is 19.8 Å². The first-order chi connectivity index (χ1) is 10.5. The molecule has 1 aromatic rings. The summed E-state index contributed by atoms with van der Waals surface area (Å²) in [4.78, 5) is 16.1. The number of nitrogens with one attached hydrogen (secondary N) is 1. The first-order valence-electron chi connectivity index (χ1n) is 7.88. The van der Waals surface area contributed by atoms with Gasteiger partial charge in [0.2, 0.25) is 0 Å². The summed E-state index contributed by atoms with van der Waals surface area (Å²) in [7, 11) is 4.03. The van der Waals surface area contributed by atoms with Crippen LogP contribution in [0.25, 0.3) is 0 Å². The number of nitrogens with zero attached hydrogens (tertiary/aromatic N) is 4. The Hall–Kier alpha value is -1.60. The van der Waals surface area contributed by atoms with Gasteiger partial charge in [-0.25, -0.2) is 4.79 Å². The molecular formula is C15H27N5O2. The molecule has 1 saturated heterocycles. The number of hydrogen-bond donors (Lipinski definition) is 2. The van der Waals surface area contributed by atoms with E-state index in [1.54, 1.807) is 4.90 Å². The lowest BCUT2D eigenvalue weighted by atomic mass is 9.92. The molecule has 1 unspecified atom stereocenters. The molecule has 7 heteroatoms. The summed E-state index contributed by atoms with van der Waals surface area (Å²) in [5, 5.41) is 16.8. The predicted octanol–water partition coefficient (Wildman–Crippen LogP) is 1.07. The van der Waals surface area contributed by atoms with Gasteiger partial charge < -0.3 is 14.9 Å². The second-order valence-electron chi connectivity index (χ2n) is 6.26. The molecule has 1 aliphatic heterocycles. The van der Waals surface area contributed by atoms with Gasteiger partial charge in [-0.3, -0.25) is 10.00 Å². The zero-order chi connectivity index (χ0) is 16.1. The number of aromatic nitrogens is 2. The Kier molecular flexibility index (Phi) is 5.79. The number of amides is 2. The lowest BCUT2D eigenvalue weighted by molar-refractivity contribution is 0.0820. The van der Waals surface area contributed by atoms with Gasteiger partial charge in [0, 0.05) is 31.9 Å². The van der Waals surface area contributed by atoms with Crippen LogP contribution in [0, 0.1) is 5.92 Å². The van der Waals surface area contributed by atoms with E-state index in [2.05, 4.69) is 15.3 Å². The summed E-state index contributed by atoms with van der Waals surface area (Å²) in [5.74, 6) is 0.885. The van der Waals surface area contributed by atoms with E-state index in [-0.39, 0.29) is 12.1 Å². The van der Waals surface area contributed by atoms with Crippen molar-refractivity contribution in [2.75, 3.05) is 39.0 Å². The predicted molar refractivity (Wildman–Crippen MR) is 85.8 cm³/mol. The summed E-state index contributed by atoms with van der Waals surface area (Å²) in [6.07, 6.45) is 3.28. The van der Waals surface area contributed by atoms with E-state index in [0.29, 0.717) is 24.8 Å². The SMILES string of the molecule is CC(O)C1CCN(C(=O)Nc2ccn(CCN(C)C)n2)CC1. The molecule has 1 aromatic heterocycles. The average Bonchev–Trinajstić information content (AvgIpc) is 2.92. The third kappa shape index (κ3) is 4.71. The second kappa shape index (κ2) is 7.60. The van der Waals surface area contributed by atoms with E-state index < -0.39 is 0 Å². The topological polar surface area (TPSA) is 73.6 Å². The minimum Gasteiger partial charge on any atom is -0.393 e. The maximum absolute atomic E-state index is 12.2. The number of anilines is 1. The van der Waals surface area contributed by atoms with Crippen molar-refractivity contribution in [3.8, 4) is 0 Å². The summed E-state index contributed by atoms with van der Waals surface area (Å²) in [6, 6.07) is 1.71. The zero-order valence-electron chi connectivity index (χ0n) is 13.7. The number of likely N-dealkylation sites (N-methyl/N-ethyl adjacent to an activating group) is 1. The Labute approximate surface area is 131 Å². The van der Waals surface area contributed by atoms with E-state index in [9.17, 15) is 9.90 Å². The van der Waals surface area contributed by atoms with Gasteiger partial charge in [-0.05, 0) is 39.8 Å². The number of rotatable bonds is 5. The zero-order valence-corrected chi connectivity index (χ0v) is 13.7. The number of urea groups is 1. The normalized spacial score (nSPS) is 17.8. The molecule has 124 valence electrons. The van der Waals surface area contributed by atoms with Gasteiger partial charge in [0.05, 0.1) is 12.6 Å². The summed E-state index contributed by atoms with van der Waals surface area (Å²) < 4.78 is 1.83. The van der Waals surface area contributed by atoms with Gasteiger partial charge in [-0.2, -0.15) is 5.10 Å². The molecule has 2 rings (SSSR count). The average molecular weight is 309 g/mol. The molecule has 1 atom stereocenters. The Morgan fingerprint density at radius 2 is 2.18 bits per heavy atom. The maximum atomic E-state index is 12.2. The quantitative estimate of drug-likeness (QED) is 0.853. The Morgan fingerprint density at radius 1 is 1.50 bits per heavy atom. The van der Waals surface area contributed by atoms with Crippen LogP contribution in [0.5, 0.6) is 0 Å². The largest absolute Gasteiger partial charge is 0.393 e. The molecule has 0 saturated carbocycles. The third-order valence-corrected chi connectivity index (χ3v) is 4.16. The standard InChI is InChI=1S/C15H27N5O2/c1-12(21)13-4-7-19(8-5-13)15(22)16-14-6-9-20(17-14)11-10-18(2)3/h6,9,12-13,21H,4-5,7-8,10-11H2,1-3H3,(H,16,17,22). The lowest BCUT2D eigenvalue weighted by Gasteiger charge is -2.33. The molecule has 1 fully saturated rings. The molecule has 0 bridgehead atoms. The fraction of sp³-hybridized carbons (Fsp3) is 0.733. The molecule has 0 aliphatic carbocycles. The van der Waals surface area contributed by atoms with Gasteiger partial charge >= 0.3 is 6.03 Å². The highest BCUT2D eigenvalue weighted by atomic mass is 16.3. The van der Waals surface area contributed by atoms with Crippen molar-refractivity contribution < 1.29 is 9.90 Å². The summed E-state index contributed by atoms with van der Waals surface area (Å²) in [6.45, 7) is 4.89. The molecule has 0 spiro atoms. The molecule has 22 heavy (non-hydrogen) atoms. The maximum Gasteiger partial charge on any atom is 0.323 e. The van der Waals surface area contributed by atoms with Crippen molar-refractivity contribution >= 4 is 11.8 Å². The highest BCUT2D eigenvalue weighted by molar-refractivity contribution is 5.88. The highest BCUT2D eigenvalue weighted by Gasteiger charge is 2.25. The summed E-state index contributed by atoms with van der Waals surface area (Å²) >= 11 is 0. The molecular weight excluding hydrogens is 282 g/mol. The van der Waals surface area contributed by atoms with Crippen molar-refractivity contribution in [3.05, 3.63) is 12.3 Å². The van der Waals surface area contributed by atoms with Gasteiger partial charge in [-0.1, -0.05) is 0 Å². The van der Waals surface area contributed by atoms with Gasteiger partial charge in [-0.15, -0.1) is 0 Å². The molecule has 1 aliphatic rings. The Balaban J connectivity index is 1.80. The number of carbonyl (C=O) groups excluding carboxylic acids is 1. The molecule has 7 nitrogen and oxygen atoms in total. The van der Waals surface area contributed by atoms with E-state index >= 15 is 0 Å². The Morgan fingerprint density at radius 3 is 2.77 bits per heavy atom. The van der Waals surface area contributed by atoms with Crippen LogP contribution >= 0.6 is 0 Å². The molecule has 2 amide bonds. The van der Waals surface area contributed by atoms with Gasteiger partial charge in [0.25, 0.3) is 0 Å². The minimum atomic E-state index is -0.294. The van der Waals surface area contributed by atoms with Crippen LogP contribution in [0.3, 0.4) is 0 Å². The number of aliphatic hydroxyl groups excluding tert-OH is 1. The molecule has 2 heterocycles. The van der Waals surface area contributed by atoms with Crippen LogP contribution in [-0.2, 0) is 6.54 Å². The summed E-state index contributed by atoms with van der Waals surface area (Å²) in [5.41, 5.74) is 0.